The Labute approximate surface area is 157 Å². The lowest BCUT2D eigenvalue weighted by molar-refractivity contribution is -0.151. The molecule has 0 aliphatic carbocycles. The molecule has 0 unspecified atom stereocenters. The molecule has 7 nitrogen and oxygen atoms in total. The van der Waals surface area contributed by atoms with Crippen LogP contribution in [0.3, 0.4) is 0 Å². The van der Waals surface area contributed by atoms with Crippen molar-refractivity contribution in [2.24, 2.45) is 0 Å². The molecule has 0 aliphatic heterocycles. The third kappa shape index (κ3) is 5.33. The van der Waals surface area contributed by atoms with Gasteiger partial charge in [-0.1, -0.05) is 0 Å². The molecule has 0 spiro atoms. The van der Waals surface area contributed by atoms with Gasteiger partial charge in [-0.15, -0.1) is 0 Å². The molecule has 0 radical (unpaired) electrons. The molecule has 0 bridgehead atoms. The zero-order valence-electron chi connectivity index (χ0n) is 11.4. The lowest BCUT2D eigenvalue weighted by atomic mass is 10.3. The topological polar surface area (TPSA) is 99.1 Å². The van der Waals surface area contributed by atoms with Crippen molar-refractivity contribution in [2.75, 3.05) is 13.4 Å². The molecule has 0 aromatic heterocycles. The van der Waals surface area contributed by atoms with E-state index in [1.807, 2.05) is 22.6 Å². The van der Waals surface area contributed by atoms with Gasteiger partial charge in [-0.05, 0) is 64.2 Å². The first-order valence-corrected chi connectivity index (χ1v) is 9.37. The van der Waals surface area contributed by atoms with Crippen molar-refractivity contribution in [3.05, 3.63) is 19.3 Å². The SMILES string of the molecule is CCOCOc1cc(I)c(OC(=O)C(F)(F)S(=O)(=O)O)cc1I. The third-order valence-electron chi connectivity index (χ3n) is 2.25. The molecule has 23 heavy (non-hydrogen) atoms. The molecule has 0 fully saturated rings. The minimum absolute atomic E-state index is 0.0253. The van der Waals surface area contributed by atoms with Crippen LogP contribution in [0.25, 0.3) is 0 Å². The van der Waals surface area contributed by atoms with Crippen LogP contribution >= 0.6 is 45.2 Å². The van der Waals surface area contributed by atoms with Crippen LogP contribution in [0.5, 0.6) is 11.5 Å². The van der Waals surface area contributed by atoms with Gasteiger partial charge in [-0.3, -0.25) is 4.55 Å². The number of halogens is 4. The van der Waals surface area contributed by atoms with E-state index in [2.05, 4.69) is 4.74 Å². The maximum absolute atomic E-state index is 13.2. The summed E-state index contributed by atoms with van der Waals surface area (Å²) in [6.07, 6.45) is 0. The number of esters is 1. The van der Waals surface area contributed by atoms with E-state index in [-0.39, 0.29) is 16.1 Å². The van der Waals surface area contributed by atoms with Gasteiger partial charge in [0.15, 0.2) is 6.79 Å². The van der Waals surface area contributed by atoms with Crippen molar-refractivity contribution in [3.8, 4) is 11.5 Å². The molecule has 0 amide bonds. The number of benzene rings is 1. The van der Waals surface area contributed by atoms with Gasteiger partial charge in [0, 0.05) is 6.61 Å². The van der Waals surface area contributed by atoms with E-state index in [0.29, 0.717) is 15.9 Å². The van der Waals surface area contributed by atoms with Gasteiger partial charge < -0.3 is 14.2 Å². The van der Waals surface area contributed by atoms with E-state index in [1.165, 1.54) is 12.1 Å². The van der Waals surface area contributed by atoms with E-state index >= 15 is 0 Å². The van der Waals surface area contributed by atoms with Crippen molar-refractivity contribution >= 4 is 61.3 Å². The molecule has 1 rings (SSSR count). The summed E-state index contributed by atoms with van der Waals surface area (Å²) in [5, 5.41) is -5.06. The van der Waals surface area contributed by atoms with Crippen molar-refractivity contribution in [2.45, 2.75) is 12.2 Å². The highest BCUT2D eigenvalue weighted by Crippen LogP contribution is 2.33. The maximum atomic E-state index is 13.2. The Bertz CT molecular complexity index is 694. The fraction of sp³-hybridized carbons (Fsp3) is 0.364. The Hall–Kier alpha value is -0.320. The van der Waals surface area contributed by atoms with Crippen LogP contribution in [-0.4, -0.2) is 37.6 Å². The second-order valence-corrected chi connectivity index (χ2v) is 7.64. The second-order valence-electron chi connectivity index (χ2n) is 3.85. The maximum Gasteiger partial charge on any atom is 0.466 e. The standard InChI is InChI=1S/C11H10F2I2O7S/c1-2-20-5-21-8-3-7(15)9(4-6(8)14)22-10(16)11(12,13)23(17,18)19/h3-4H,2,5H2,1H3,(H,17,18,19). The predicted octanol–water partition coefficient (Wildman–Crippen LogP) is 2.65. The van der Waals surface area contributed by atoms with Crippen molar-refractivity contribution in [3.63, 3.8) is 0 Å². The lowest BCUT2D eigenvalue weighted by Crippen LogP contribution is -2.40. The summed E-state index contributed by atoms with van der Waals surface area (Å²) in [5.41, 5.74) is 0. The summed E-state index contributed by atoms with van der Waals surface area (Å²) in [6.45, 7) is 2.19. The van der Waals surface area contributed by atoms with Crippen molar-refractivity contribution < 1.29 is 40.8 Å². The number of hydrogen-bond acceptors (Lipinski definition) is 6. The highest BCUT2D eigenvalue weighted by atomic mass is 127. The molecule has 0 saturated heterocycles. The number of carbonyl (C=O) groups is 1. The van der Waals surface area contributed by atoms with Crippen LogP contribution in [0.15, 0.2) is 12.1 Å². The molecule has 1 aromatic carbocycles. The van der Waals surface area contributed by atoms with Gasteiger partial charge in [-0.25, -0.2) is 4.79 Å². The Morgan fingerprint density at radius 1 is 1.26 bits per heavy atom. The molecule has 0 aliphatic rings. The van der Waals surface area contributed by atoms with E-state index in [0.717, 1.165) is 0 Å². The van der Waals surface area contributed by atoms with E-state index in [4.69, 9.17) is 14.0 Å². The molecule has 0 heterocycles. The van der Waals surface area contributed by atoms with Crippen molar-refractivity contribution in [1.29, 1.82) is 0 Å². The number of alkyl halides is 2. The number of carbonyl (C=O) groups excluding carboxylic acids is 1. The van der Waals surface area contributed by atoms with Gasteiger partial charge >= 0.3 is 21.3 Å². The molecule has 1 aromatic rings. The highest BCUT2D eigenvalue weighted by Gasteiger charge is 2.54. The summed E-state index contributed by atoms with van der Waals surface area (Å²) in [4.78, 5) is 11.3. The third-order valence-corrected chi connectivity index (χ3v) is 4.75. The smallest absolute Gasteiger partial charge is 0.466 e. The minimum Gasteiger partial charge on any atom is -0.466 e. The first kappa shape index (κ1) is 20.7. The summed E-state index contributed by atoms with van der Waals surface area (Å²) >= 11 is 3.50. The van der Waals surface area contributed by atoms with Crippen LogP contribution in [0.2, 0.25) is 0 Å². The fourth-order valence-corrected chi connectivity index (χ4v) is 2.55. The van der Waals surface area contributed by atoms with E-state index < -0.39 is 21.3 Å². The Morgan fingerprint density at radius 2 is 1.78 bits per heavy atom. The molecule has 0 saturated carbocycles. The zero-order chi connectivity index (χ0) is 17.8. The normalized spacial score (nSPS) is 12.1. The zero-order valence-corrected chi connectivity index (χ0v) is 16.5. The molecule has 12 heteroatoms. The Kier molecular flexibility index (Phi) is 7.36. The molecular weight excluding hydrogens is 568 g/mol. The summed E-state index contributed by atoms with van der Waals surface area (Å²) in [6, 6.07) is 2.61. The van der Waals surface area contributed by atoms with E-state index in [9.17, 15) is 22.0 Å². The monoisotopic (exact) mass is 578 g/mol. The summed E-state index contributed by atoms with van der Waals surface area (Å²) < 4.78 is 71.0. The second kappa shape index (κ2) is 8.17. The molecule has 0 atom stereocenters. The fourth-order valence-electron chi connectivity index (χ4n) is 1.15. The average Bonchev–Trinajstić information content (AvgIpc) is 2.42. The van der Waals surface area contributed by atoms with Crippen LogP contribution < -0.4 is 9.47 Å². The Balaban J connectivity index is 2.99. The van der Waals surface area contributed by atoms with E-state index in [1.54, 1.807) is 29.5 Å². The molecule has 130 valence electrons. The summed E-state index contributed by atoms with van der Waals surface area (Å²) in [5.74, 6) is -2.34. The first-order chi connectivity index (χ1) is 10.5. The van der Waals surface area contributed by atoms with Crippen LogP contribution in [-0.2, 0) is 19.6 Å². The number of rotatable bonds is 7. The van der Waals surface area contributed by atoms with Crippen LogP contribution in [0.1, 0.15) is 6.92 Å². The van der Waals surface area contributed by atoms with Crippen LogP contribution in [0, 0.1) is 7.14 Å². The van der Waals surface area contributed by atoms with Gasteiger partial charge in [0.25, 0.3) is 0 Å². The van der Waals surface area contributed by atoms with Gasteiger partial charge in [0.2, 0.25) is 0 Å². The van der Waals surface area contributed by atoms with Gasteiger partial charge in [0.1, 0.15) is 11.5 Å². The van der Waals surface area contributed by atoms with Crippen LogP contribution in [0.4, 0.5) is 8.78 Å². The highest BCUT2D eigenvalue weighted by molar-refractivity contribution is 14.1. The largest absolute Gasteiger partial charge is 0.466 e. The number of ether oxygens (including phenoxy) is 3. The first-order valence-electron chi connectivity index (χ1n) is 5.77. The Morgan fingerprint density at radius 3 is 2.30 bits per heavy atom. The lowest BCUT2D eigenvalue weighted by Gasteiger charge is -2.14. The molecular formula is C11H10F2I2O7S. The molecule has 1 N–H and O–H groups in total. The minimum atomic E-state index is -5.92. The summed E-state index contributed by atoms with van der Waals surface area (Å²) in [7, 11) is -5.92. The predicted molar refractivity (Wildman–Crippen MR) is 91.1 cm³/mol. The van der Waals surface area contributed by atoms with Gasteiger partial charge in [-0.2, -0.15) is 17.2 Å². The average molecular weight is 578 g/mol. The van der Waals surface area contributed by atoms with Crippen molar-refractivity contribution in [1.82, 2.24) is 0 Å². The van der Waals surface area contributed by atoms with Gasteiger partial charge in [0.05, 0.1) is 7.14 Å². The quantitative estimate of drug-likeness (QED) is 0.133. The number of hydrogen-bond donors (Lipinski definition) is 1.